The van der Waals surface area contributed by atoms with Crippen LogP contribution in [-0.2, 0) is 0 Å². The van der Waals surface area contributed by atoms with E-state index in [1.54, 1.807) is 0 Å². The van der Waals surface area contributed by atoms with E-state index >= 15 is 0 Å². The molecule has 0 saturated heterocycles. The Kier molecular flexibility index (Phi) is 6.01. The lowest BCUT2D eigenvalue weighted by Gasteiger charge is -2.03. The molecule has 0 spiro atoms. The lowest BCUT2D eigenvalue weighted by Crippen LogP contribution is -1.95. The number of alkyl halides is 1. The molecule has 0 heterocycles. The minimum atomic E-state index is -0.149. The molecular formula is C8H17F. The van der Waals surface area contributed by atoms with Gasteiger partial charge >= 0.3 is 0 Å². The summed E-state index contributed by atoms with van der Waals surface area (Å²) < 4.78 is 11.8. The van der Waals surface area contributed by atoms with E-state index in [1.807, 2.05) is 6.92 Å². The van der Waals surface area contributed by atoms with Crippen LogP contribution in [0.25, 0.3) is 0 Å². The number of halogens is 1. The molecule has 0 radical (unpaired) electrons. The van der Waals surface area contributed by atoms with Crippen LogP contribution in [0.4, 0.5) is 4.39 Å². The summed E-state index contributed by atoms with van der Waals surface area (Å²) in [4.78, 5) is 0. The van der Waals surface area contributed by atoms with Gasteiger partial charge in [0.25, 0.3) is 0 Å². The zero-order valence-electron chi connectivity index (χ0n) is 6.49. The Balaban J connectivity index is 2.88. The highest BCUT2D eigenvalue weighted by Gasteiger charge is 1.98. The van der Waals surface area contributed by atoms with Crippen LogP contribution in [0, 0.1) is 5.92 Å². The number of rotatable bonds is 5. The molecule has 0 unspecified atom stereocenters. The molecule has 1 heteroatoms. The fourth-order valence-corrected chi connectivity index (χ4v) is 0.820. The number of hydrogen-bond acceptors (Lipinski definition) is 0. The van der Waals surface area contributed by atoms with E-state index in [0.717, 1.165) is 6.42 Å². The minimum absolute atomic E-state index is 0.149. The first kappa shape index (κ1) is 8.93. The van der Waals surface area contributed by atoms with E-state index in [0.29, 0.717) is 0 Å². The van der Waals surface area contributed by atoms with Gasteiger partial charge in [0.1, 0.15) is 0 Å². The number of hydrogen-bond donors (Lipinski definition) is 0. The fraction of sp³-hybridized carbons (Fsp3) is 1.00. The van der Waals surface area contributed by atoms with Gasteiger partial charge in [-0.2, -0.15) is 0 Å². The molecule has 0 aromatic rings. The highest BCUT2D eigenvalue weighted by molar-refractivity contribution is 4.49. The van der Waals surface area contributed by atoms with Crippen molar-refractivity contribution < 1.29 is 4.39 Å². The van der Waals surface area contributed by atoms with Gasteiger partial charge in [-0.3, -0.25) is 4.39 Å². The smallest absolute Gasteiger partial charge is 0.0919 e. The monoisotopic (exact) mass is 132 g/mol. The average Bonchev–Trinajstić information content (AvgIpc) is 1.89. The lowest BCUT2D eigenvalue weighted by atomic mass is 10.1. The summed E-state index contributed by atoms with van der Waals surface area (Å²) in [7, 11) is 0. The molecule has 0 nitrogen and oxygen atoms in total. The van der Waals surface area contributed by atoms with Crippen molar-refractivity contribution >= 4 is 0 Å². The molecular weight excluding hydrogens is 115 g/mol. The van der Waals surface area contributed by atoms with Gasteiger partial charge in [-0.25, -0.2) is 0 Å². The molecule has 0 aromatic heterocycles. The summed E-state index contributed by atoms with van der Waals surface area (Å²) in [6.45, 7) is 3.99. The molecule has 0 amide bonds. The maximum atomic E-state index is 11.8. The Morgan fingerprint density at radius 2 is 2.00 bits per heavy atom. The van der Waals surface area contributed by atoms with Crippen molar-refractivity contribution in [1.82, 2.24) is 0 Å². The predicted molar refractivity (Wildman–Crippen MR) is 39.3 cm³/mol. The standard InChI is InChI=1S/C8H17F/c1-3-4-5-6-8(2)7-9/h8H,3-7H2,1-2H3/t8-/m1/s1. The molecule has 1 atom stereocenters. The lowest BCUT2D eigenvalue weighted by molar-refractivity contribution is 0.357. The molecule has 0 aliphatic carbocycles. The first-order valence-electron chi connectivity index (χ1n) is 3.87. The summed E-state index contributed by atoms with van der Waals surface area (Å²) >= 11 is 0. The molecule has 0 saturated carbocycles. The molecule has 0 N–H and O–H groups in total. The summed E-state index contributed by atoms with van der Waals surface area (Å²) in [5.74, 6) is 0.288. The minimum Gasteiger partial charge on any atom is -0.251 e. The zero-order valence-corrected chi connectivity index (χ0v) is 6.49. The quantitative estimate of drug-likeness (QED) is 0.504. The van der Waals surface area contributed by atoms with Gasteiger partial charge in [0.05, 0.1) is 6.67 Å². The maximum Gasteiger partial charge on any atom is 0.0919 e. The Morgan fingerprint density at radius 1 is 1.33 bits per heavy atom. The van der Waals surface area contributed by atoms with Crippen molar-refractivity contribution in [1.29, 1.82) is 0 Å². The Labute approximate surface area is 57.5 Å². The number of unbranched alkanes of at least 4 members (excludes halogenated alkanes) is 2. The Morgan fingerprint density at radius 3 is 2.44 bits per heavy atom. The zero-order chi connectivity index (χ0) is 7.11. The van der Waals surface area contributed by atoms with Crippen molar-refractivity contribution in [3.8, 4) is 0 Å². The third kappa shape index (κ3) is 5.81. The molecule has 0 fully saturated rings. The van der Waals surface area contributed by atoms with Crippen LogP contribution in [0.3, 0.4) is 0 Å². The van der Waals surface area contributed by atoms with Crippen LogP contribution < -0.4 is 0 Å². The molecule has 0 bridgehead atoms. The van der Waals surface area contributed by atoms with Crippen molar-refractivity contribution in [3.05, 3.63) is 0 Å². The normalized spacial score (nSPS) is 13.7. The summed E-state index contributed by atoms with van der Waals surface area (Å²) in [6, 6.07) is 0. The summed E-state index contributed by atoms with van der Waals surface area (Å²) in [5, 5.41) is 0. The van der Waals surface area contributed by atoms with E-state index < -0.39 is 0 Å². The van der Waals surface area contributed by atoms with Crippen molar-refractivity contribution in [3.63, 3.8) is 0 Å². The van der Waals surface area contributed by atoms with Crippen LogP contribution in [0.5, 0.6) is 0 Å². The van der Waals surface area contributed by atoms with Crippen LogP contribution >= 0.6 is 0 Å². The largest absolute Gasteiger partial charge is 0.251 e. The van der Waals surface area contributed by atoms with Crippen molar-refractivity contribution in [2.75, 3.05) is 6.67 Å². The predicted octanol–water partition coefficient (Wildman–Crippen LogP) is 3.17. The Bertz CT molecular complexity index is 52.5. The van der Waals surface area contributed by atoms with Gasteiger partial charge in [0.15, 0.2) is 0 Å². The molecule has 0 aliphatic heterocycles. The fourth-order valence-electron chi connectivity index (χ4n) is 0.820. The van der Waals surface area contributed by atoms with E-state index in [-0.39, 0.29) is 12.6 Å². The first-order chi connectivity index (χ1) is 4.31. The average molecular weight is 132 g/mol. The second kappa shape index (κ2) is 6.06. The first-order valence-corrected chi connectivity index (χ1v) is 3.87. The van der Waals surface area contributed by atoms with E-state index in [9.17, 15) is 4.39 Å². The molecule has 0 aromatic carbocycles. The van der Waals surface area contributed by atoms with Crippen molar-refractivity contribution in [2.24, 2.45) is 5.92 Å². The van der Waals surface area contributed by atoms with Gasteiger partial charge in [0.2, 0.25) is 0 Å². The second-order valence-corrected chi connectivity index (χ2v) is 2.76. The molecule has 9 heavy (non-hydrogen) atoms. The third-order valence-electron chi connectivity index (χ3n) is 1.56. The molecule has 0 rings (SSSR count). The summed E-state index contributed by atoms with van der Waals surface area (Å²) in [6.07, 6.45) is 4.75. The van der Waals surface area contributed by atoms with E-state index in [1.165, 1.54) is 19.3 Å². The maximum absolute atomic E-state index is 11.8. The van der Waals surface area contributed by atoms with Crippen LogP contribution in [0.15, 0.2) is 0 Å². The highest BCUT2D eigenvalue weighted by atomic mass is 19.1. The van der Waals surface area contributed by atoms with E-state index in [4.69, 9.17) is 0 Å². The summed E-state index contributed by atoms with van der Waals surface area (Å²) in [5.41, 5.74) is 0. The van der Waals surface area contributed by atoms with Gasteiger partial charge in [-0.05, 0) is 12.3 Å². The third-order valence-corrected chi connectivity index (χ3v) is 1.56. The topological polar surface area (TPSA) is 0 Å². The van der Waals surface area contributed by atoms with Crippen LogP contribution in [0.2, 0.25) is 0 Å². The van der Waals surface area contributed by atoms with Crippen LogP contribution in [0.1, 0.15) is 39.5 Å². The second-order valence-electron chi connectivity index (χ2n) is 2.76. The van der Waals surface area contributed by atoms with Crippen LogP contribution in [-0.4, -0.2) is 6.67 Å². The SMILES string of the molecule is CCCCC[C@@H](C)CF. The van der Waals surface area contributed by atoms with Gasteiger partial charge in [-0.1, -0.05) is 33.1 Å². The van der Waals surface area contributed by atoms with Gasteiger partial charge in [-0.15, -0.1) is 0 Å². The van der Waals surface area contributed by atoms with Gasteiger partial charge in [0, 0.05) is 0 Å². The molecule has 0 aliphatic rings. The van der Waals surface area contributed by atoms with Gasteiger partial charge < -0.3 is 0 Å². The molecule has 56 valence electrons. The highest BCUT2D eigenvalue weighted by Crippen LogP contribution is 2.08. The van der Waals surface area contributed by atoms with E-state index in [2.05, 4.69) is 6.92 Å². The Hall–Kier alpha value is -0.0700. The van der Waals surface area contributed by atoms with Crippen molar-refractivity contribution in [2.45, 2.75) is 39.5 Å².